The van der Waals surface area contributed by atoms with Crippen molar-refractivity contribution in [2.45, 2.75) is 309 Å². The number of carbonyl (C=O) groups is 2. The fourth-order valence-corrected chi connectivity index (χ4v) is 9.71. The number of phosphoric ester groups is 1. The van der Waals surface area contributed by atoms with Gasteiger partial charge in [-0.3, -0.25) is 14.2 Å². The highest BCUT2D eigenvalue weighted by Crippen LogP contribution is 2.38. The van der Waals surface area contributed by atoms with Gasteiger partial charge in [0.05, 0.1) is 27.7 Å². The quantitative estimate of drug-likeness (QED) is 0.0195. The Morgan fingerprint density at radius 2 is 0.761 bits per heavy atom. The number of unbranched alkanes of at least 4 members (excludes halogenated alkanes) is 39. The van der Waals surface area contributed by atoms with Gasteiger partial charge in [-0.05, 0) is 44.9 Å². The highest BCUT2D eigenvalue weighted by atomic mass is 31.2. The molecule has 0 aromatic carbocycles. The van der Waals surface area contributed by atoms with Crippen molar-refractivity contribution in [2.75, 3.05) is 47.5 Å². The zero-order valence-corrected chi connectivity index (χ0v) is 48.6. The number of hydrogen-bond acceptors (Lipinski definition) is 8. The van der Waals surface area contributed by atoms with Gasteiger partial charge in [0.1, 0.15) is 19.8 Å². The monoisotopic (exact) mass is 1020 g/mol. The van der Waals surface area contributed by atoms with E-state index in [4.69, 9.17) is 18.5 Å². The zero-order valence-electron chi connectivity index (χ0n) is 47.7. The molecule has 0 saturated carbocycles. The average Bonchev–Trinajstić information content (AvgIpc) is 3.33. The molecule has 0 aliphatic carbocycles. The van der Waals surface area contributed by atoms with Crippen LogP contribution in [-0.4, -0.2) is 70.0 Å². The van der Waals surface area contributed by atoms with Gasteiger partial charge in [0, 0.05) is 12.8 Å². The summed E-state index contributed by atoms with van der Waals surface area (Å²) in [4.78, 5) is 37.8. The number of carbonyl (C=O) groups excluding carboxylic acids is 2. The lowest BCUT2D eigenvalue weighted by Gasteiger charge is -2.28. The van der Waals surface area contributed by atoms with Crippen molar-refractivity contribution in [3.05, 3.63) is 24.3 Å². The van der Waals surface area contributed by atoms with E-state index in [1.807, 2.05) is 21.1 Å². The summed E-state index contributed by atoms with van der Waals surface area (Å²) in [5.74, 6) is -0.834. The first kappa shape index (κ1) is 69.5. The summed E-state index contributed by atoms with van der Waals surface area (Å²) in [6, 6.07) is 0. The van der Waals surface area contributed by atoms with Gasteiger partial charge in [-0.25, -0.2) is 0 Å². The van der Waals surface area contributed by atoms with E-state index in [1.165, 1.54) is 212 Å². The molecule has 0 heterocycles. The summed E-state index contributed by atoms with van der Waals surface area (Å²) in [6.45, 7) is 4.25. The van der Waals surface area contributed by atoms with E-state index in [1.54, 1.807) is 0 Å². The van der Waals surface area contributed by atoms with Crippen molar-refractivity contribution in [1.82, 2.24) is 0 Å². The number of nitrogens with zero attached hydrogens (tertiary/aromatic N) is 1. The van der Waals surface area contributed by atoms with Crippen molar-refractivity contribution in [2.24, 2.45) is 0 Å². The number of phosphoric acid groups is 1. The van der Waals surface area contributed by atoms with Crippen LogP contribution in [0.3, 0.4) is 0 Å². The molecule has 10 heteroatoms. The fourth-order valence-electron chi connectivity index (χ4n) is 8.98. The third kappa shape index (κ3) is 57.6. The molecule has 0 bridgehead atoms. The molecule has 0 fully saturated rings. The standard InChI is InChI=1S/C61H118NO8P/c1-6-8-10-12-14-16-18-20-22-24-25-26-27-28-29-30-31-32-33-34-35-36-37-38-40-41-43-45-47-49-51-53-60(63)67-57-59(58-69-71(65,66)68-56-55-62(3,4)5)70-61(64)54-52-50-48-46-44-42-39-23-21-19-17-15-13-11-9-7-2/h17,19,23,39,59H,6-16,18,20-22,24-38,40-58H2,1-5H3/b19-17-,39-23-. The second-order valence-electron chi connectivity index (χ2n) is 22.1. The minimum atomic E-state index is -4.63. The van der Waals surface area contributed by atoms with Crippen LogP contribution in [0.25, 0.3) is 0 Å². The minimum absolute atomic E-state index is 0.0314. The van der Waals surface area contributed by atoms with Crippen molar-refractivity contribution in [3.63, 3.8) is 0 Å². The lowest BCUT2D eigenvalue weighted by Crippen LogP contribution is -2.37. The number of hydrogen-bond donors (Lipinski definition) is 0. The maximum absolute atomic E-state index is 12.8. The fraction of sp³-hybridized carbons (Fsp3) is 0.902. The summed E-state index contributed by atoms with van der Waals surface area (Å²) in [5, 5.41) is 0. The SMILES string of the molecule is CCCCCC/C=C\C/C=C\CCCCCCCC(=O)OC(COC(=O)CCCCCCCCCCCCCCCCCCCCCCCCCCCCCCCCC)COP(=O)([O-])OCC[N+](C)(C)C. The van der Waals surface area contributed by atoms with E-state index >= 15 is 0 Å². The number of quaternary nitrogens is 1. The molecule has 0 aliphatic heterocycles. The maximum atomic E-state index is 12.8. The Balaban J connectivity index is 4.00. The highest BCUT2D eigenvalue weighted by Gasteiger charge is 2.22. The molecule has 0 aliphatic rings. The first-order valence-corrected chi connectivity index (χ1v) is 32.0. The van der Waals surface area contributed by atoms with E-state index in [9.17, 15) is 19.0 Å². The Bertz CT molecular complexity index is 1250. The van der Waals surface area contributed by atoms with Gasteiger partial charge >= 0.3 is 11.9 Å². The molecule has 0 rings (SSSR count). The molecule has 0 amide bonds. The molecule has 0 radical (unpaired) electrons. The van der Waals surface area contributed by atoms with Gasteiger partial charge in [-0.2, -0.15) is 0 Å². The van der Waals surface area contributed by atoms with Crippen LogP contribution in [0.1, 0.15) is 303 Å². The minimum Gasteiger partial charge on any atom is -0.756 e. The third-order valence-corrected chi connectivity index (χ3v) is 14.7. The van der Waals surface area contributed by atoms with Crippen molar-refractivity contribution in [3.8, 4) is 0 Å². The van der Waals surface area contributed by atoms with Crippen LogP contribution in [-0.2, 0) is 32.7 Å². The first-order valence-electron chi connectivity index (χ1n) is 30.5. The van der Waals surface area contributed by atoms with Crippen molar-refractivity contribution < 1.29 is 42.1 Å². The van der Waals surface area contributed by atoms with E-state index in [0.29, 0.717) is 17.4 Å². The lowest BCUT2D eigenvalue weighted by molar-refractivity contribution is -0.870. The van der Waals surface area contributed by atoms with E-state index < -0.39 is 26.5 Å². The van der Waals surface area contributed by atoms with Crippen LogP contribution >= 0.6 is 7.82 Å². The van der Waals surface area contributed by atoms with Crippen LogP contribution < -0.4 is 4.89 Å². The van der Waals surface area contributed by atoms with Gasteiger partial charge in [0.15, 0.2) is 6.10 Å². The summed E-state index contributed by atoms with van der Waals surface area (Å²) >= 11 is 0. The molecule has 0 spiro atoms. The molecule has 0 aromatic rings. The Labute approximate surface area is 440 Å². The van der Waals surface area contributed by atoms with Gasteiger partial charge in [0.25, 0.3) is 7.82 Å². The molecule has 0 N–H and O–H groups in total. The molecule has 420 valence electrons. The number of allylic oxidation sites excluding steroid dienone is 4. The van der Waals surface area contributed by atoms with E-state index in [-0.39, 0.29) is 32.0 Å². The van der Waals surface area contributed by atoms with Gasteiger partial charge in [0.2, 0.25) is 0 Å². The Hall–Kier alpha value is -1.51. The maximum Gasteiger partial charge on any atom is 0.306 e. The summed E-state index contributed by atoms with van der Waals surface area (Å²) < 4.78 is 34.1. The van der Waals surface area contributed by atoms with Gasteiger partial charge in [-0.15, -0.1) is 0 Å². The predicted molar refractivity (Wildman–Crippen MR) is 301 cm³/mol. The van der Waals surface area contributed by atoms with Gasteiger partial charge in [-0.1, -0.05) is 269 Å². The molecule has 0 saturated heterocycles. The Kier molecular flexibility index (Phi) is 52.2. The molecule has 9 nitrogen and oxygen atoms in total. The van der Waals surface area contributed by atoms with Gasteiger partial charge < -0.3 is 27.9 Å². The summed E-state index contributed by atoms with van der Waals surface area (Å²) in [7, 11) is 1.17. The van der Waals surface area contributed by atoms with E-state index in [0.717, 1.165) is 57.8 Å². The molecular weight excluding hydrogens is 906 g/mol. The summed E-state index contributed by atoms with van der Waals surface area (Å²) in [6.07, 6.45) is 63.9. The highest BCUT2D eigenvalue weighted by molar-refractivity contribution is 7.45. The molecular formula is C61H118NO8P. The predicted octanol–water partition coefficient (Wildman–Crippen LogP) is 18.4. The topological polar surface area (TPSA) is 111 Å². The first-order chi connectivity index (χ1) is 34.5. The molecule has 2 unspecified atom stereocenters. The van der Waals surface area contributed by atoms with E-state index in [2.05, 4.69) is 38.2 Å². The summed E-state index contributed by atoms with van der Waals surface area (Å²) in [5.41, 5.74) is 0. The Morgan fingerprint density at radius 1 is 0.437 bits per heavy atom. The third-order valence-electron chi connectivity index (χ3n) is 13.7. The van der Waals surface area contributed by atoms with Crippen LogP contribution in [0.4, 0.5) is 0 Å². The number of rotatable bonds is 57. The second kappa shape index (κ2) is 53.3. The smallest absolute Gasteiger partial charge is 0.306 e. The number of esters is 2. The van der Waals surface area contributed by atoms with Crippen LogP contribution in [0.15, 0.2) is 24.3 Å². The average molecular weight is 1020 g/mol. The van der Waals surface area contributed by atoms with Crippen molar-refractivity contribution >= 4 is 19.8 Å². The molecule has 2 atom stereocenters. The van der Waals surface area contributed by atoms with Crippen LogP contribution in [0, 0.1) is 0 Å². The van der Waals surface area contributed by atoms with Crippen LogP contribution in [0.2, 0.25) is 0 Å². The number of likely N-dealkylation sites (N-methyl/N-ethyl adjacent to an activating group) is 1. The normalized spacial score (nSPS) is 13.4. The Morgan fingerprint density at radius 3 is 1.13 bits per heavy atom. The lowest BCUT2D eigenvalue weighted by atomic mass is 10.0. The zero-order chi connectivity index (χ0) is 52.0. The second-order valence-corrected chi connectivity index (χ2v) is 23.5. The largest absolute Gasteiger partial charge is 0.756 e. The number of ether oxygens (including phenoxy) is 2. The van der Waals surface area contributed by atoms with Crippen LogP contribution in [0.5, 0.6) is 0 Å². The molecule has 0 aromatic heterocycles. The van der Waals surface area contributed by atoms with Crippen molar-refractivity contribution in [1.29, 1.82) is 0 Å². The molecule has 71 heavy (non-hydrogen) atoms.